The summed E-state index contributed by atoms with van der Waals surface area (Å²) in [6, 6.07) is 6.42. The van der Waals surface area contributed by atoms with Gasteiger partial charge in [0.05, 0.1) is 0 Å². The highest BCUT2D eigenvalue weighted by atomic mass is 79.9. The van der Waals surface area contributed by atoms with Crippen molar-refractivity contribution in [2.45, 2.75) is 38.4 Å². The third-order valence-corrected chi connectivity index (χ3v) is 5.33. The van der Waals surface area contributed by atoms with E-state index >= 15 is 0 Å². The summed E-state index contributed by atoms with van der Waals surface area (Å²) in [7, 11) is 0. The molecule has 0 unspecified atom stereocenters. The molecule has 1 aromatic carbocycles. The van der Waals surface area contributed by atoms with Gasteiger partial charge in [0, 0.05) is 29.1 Å². The largest absolute Gasteiger partial charge is 0.371 e. The minimum atomic E-state index is 0.538. The lowest BCUT2D eigenvalue weighted by atomic mass is 9.78. The van der Waals surface area contributed by atoms with E-state index in [-0.39, 0.29) is 0 Å². The Kier molecular flexibility index (Phi) is 4.60. The first-order chi connectivity index (χ1) is 8.58. The van der Waals surface area contributed by atoms with Crippen LogP contribution in [0.1, 0.15) is 38.7 Å². The lowest BCUT2D eigenvalue weighted by molar-refractivity contribution is 0.238. The predicted octanol–water partition coefficient (Wildman–Crippen LogP) is 5.25. The number of hydrogen-bond acceptors (Lipinski definition) is 1. The lowest BCUT2D eigenvalue weighted by Crippen LogP contribution is -2.38. The summed E-state index contributed by atoms with van der Waals surface area (Å²) >= 11 is 9.73. The molecule has 3 heteroatoms. The minimum Gasteiger partial charge on any atom is -0.371 e. The van der Waals surface area contributed by atoms with Gasteiger partial charge in [-0.3, -0.25) is 0 Å². The zero-order valence-electron chi connectivity index (χ0n) is 11.2. The highest BCUT2D eigenvalue weighted by Crippen LogP contribution is 2.36. The summed E-state index contributed by atoms with van der Waals surface area (Å²) in [6.07, 6.45) is 3.84. The summed E-state index contributed by atoms with van der Waals surface area (Å²) in [5.74, 6) is 0. The van der Waals surface area contributed by atoms with Crippen LogP contribution in [0.5, 0.6) is 0 Å². The number of rotatable bonds is 3. The molecule has 1 fully saturated rings. The van der Waals surface area contributed by atoms with Crippen molar-refractivity contribution in [1.29, 1.82) is 0 Å². The van der Waals surface area contributed by atoms with Crippen molar-refractivity contribution < 1.29 is 0 Å². The summed E-state index contributed by atoms with van der Waals surface area (Å²) in [6.45, 7) is 7.01. The SMILES string of the molecule is CCC1(C)CCN(c2ccc(CBr)c(Cl)c2)CC1. The van der Waals surface area contributed by atoms with E-state index in [1.54, 1.807) is 0 Å². The molecule has 1 aliphatic rings. The van der Waals surface area contributed by atoms with Gasteiger partial charge in [0.15, 0.2) is 0 Å². The second kappa shape index (κ2) is 5.83. The lowest BCUT2D eigenvalue weighted by Gasteiger charge is -2.40. The van der Waals surface area contributed by atoms with E-state index in [2.05, 4.69) is 52.9 Å². The number of benzene rings is 1. The first-order valence-corrected chi connectivity index (χ1v) is 8.17. The van der Waals surface area contributed by atoms with Gasteiger partial charge in [-0.2, -0.15) is 0 Å². The second-order valence-electron chi connectivity index (χ2n) is 5.56. The standard InChI is InChI=1S/C15H21BrClN/c1-3-15(2)6-8-18(9-7-15)13-5-4-12(11-16)14(17)10-13/h4-5,10H,3,6-9,11H2,1-2H3. The third-order valence-electron chi connectivity index (χ3n) is 4.37. The maximum absolute atomic E-state index is 6.28. The molecule has 0 aliphatic carbocycles. The maximum atomic E-state index is 6.28. The van der Waals surface area contributed by atoms with E-state index in [1.807, 2.05) is 0 Å². The molecule has 0 aromatic heterocycles. The maximum Gasteiger partial charge on any atom is 0.0467 e. The van der Waals surface area contributed by atoms with E-state index in [4.69, 9.17) is 11.6 Å². The first-order valence-electron chi connectivity index (χ1n) is 6.67. The number of hydrogen-bond donors (Lipinski definition) is 0. The van der Waals surface area contributed by atoms with Gasteiger partial charge >= 0.3 is 0 Å². The number of halogens is 2. The molecule has 0 saturated carbocycles. The van der Waals surface area contributed by atoms with Gasteiger partial charge < -0.3 is 4.90 Å². The van der Waals surface area contributed by atoms with E-state index in [0.717, 1.165) is 29.0 Å². The van der Waals surface area contributed by atoms with Crippen LogP contribution >= 0.6 is 27.5 Å². The Morgan fingerprint density at radius 3 is 2.50 bits per heavy atom. The molecule has 1 heterocycles. The van der Waals surface area contributed by atoms with Gasteiger partial charge in [-0.05, 0) is 36.0 Å². The Hall–Kier alpha value is -0.210. The minimum absolute atomic E-state index is 0.538. The highest BCUT2D eigenvalue weighted by Gasteiger charge is 2.28. The molecule has 0 amide bonds. The van der Waals surface area contributed by atoms with Crippen LogP contribution in [-0.4, -0.2) is 13.1 Å². The molecule has 1 aliphatic heterocycles. The molecular formula is C15H21BrClN. The molecule has 0 N–H and O–H groups in total. The highest BCUT2D eigenvalue weighted by molar-refractivity contribution is 9.08. The fraction of sp³-hybridized carbons (Fsp3) is 0.600. The molecule has 1 saturated heterocycles. The Balaban J connectivity index is 2.08. The van der Waals surface area contributed by atoms with Crippen molar-refractivity contribution in [3.05, 3.63) is 28.8 Å². The van der Waals surface area contributed by atoms with E-state index < -0.39 is 0 Å². The van der Waals surface area contributed by atoms with Crippen LogP contribution in [0.3, 0.4) is 0 Å². The van der Waals surface area contributed by atoms with Crippen LogP contribution in [0.25, 0.3) is 0 Å². The average molecular weight is 331 g/mol. The fourth-order valence-corrected chi connectivity index (χ4v) is 3.39. The molecule has 2 rings (SSSR count). The third kappa shape index (κ3) is 3.03. The monoisotopic (exact) mass is 329 g/mol. The van der Waals surface area contributed by atoms with Crippen LogP contribution in [0.2, 0.25) is 5.02 Å². The molecule has 1 nitrogen and oxygen atoms in total. The van der Waals surface area contributed by atoms with Gasteiger partial charge in [-0.1, -0.05) is 53.9 Å². The van der Waals surface area contributed by atoms with Gasteiger partial charge in [-0.15, -0.1) is 0 Å². The Morgan fingerprint density at radius 2 is 2.00 bits per heavy atom. The topological polar surface area (TPSA) is 3.24 Å². The van der Waals surface area contributed by atoms with Crippen LogP contribution in [0.15, 0.2) is 18.2 Å². The molecule has 100 valence electrons. The van der Waals surface area contributed by atoms with Crippen molar-refractivity contribution in [1.82, 2.24) is 0 Å². The average Bonchev–Trinajstić information content (AvgIpc) is 2.39. The van der Waals surface area contributed by atoms with Crippen LogP contribution in [0, 0.1) is 5.41 Å². The zero-order valence-corrected chi connectivity index (χ0v) is 13.5. The van der Waals surface area contributed by atoms with Crippen LogP contribution in [-0.2, 0) is 5.33 Å². The van der Waals surface area contributed by atoms with Crippen molar-refractivity contribution in [3.8, 4) is 0 Å². The van der Waals surface area contributed by atoms with E-state index in [1.165, 1.54) is 24.9 Å². The van der Waals surface area contributed by atoms with Crippen molar-refractivity contribution in [3.63, 3.8) is 0 Å². The molecular weight excluding hydrogens is 310 g/mol. The van der Waals surface area contributed by atoms with Gasteiger partial charge in [-0.25, -0.2) is 0 Å². The fourth-order valence-electron chi connectivity index (χ4n) is 2.50. The smallest absolute Gasteiger partial charge is 0.0467 e. The molecule has 0 bridgehead atoms. The second-order valence-corrected chi connectivity index (χ2v) is 6.53. The van der Waals surface area contributed by atoms with Crippen LogP contribution in [0.4, 0.5) is 5.69 Å². The van der Waals surface area contributed by atoms with Crippen molar-refractivity contribution in [2.75, 3.05) is 18.0 Å². The normalized spacial score (nSPS) is 19.0. The number of nitrogens with zero attached hydrogens (tertiary/aromatic N) is 1. The summed E-state index contributed by atoms with van der Waals surface area (Å²) in [4.78, 5) is 2.46. The predicted molar refractivity (Wildman–Crippen MR) is 83.9 cm³/mol. The van der Waals surface area contributed by atoms with Gasteiger partial charge in [0.25, 0.3) is 0 Å². The number of anilines is 1. The van der Waals surface area contributed by atoms with E-state index in [9.17, 15) is 0 Å². The summed E-state index contributed by atoms with van der Waals surface area (Å²) in [5, 5.41) is 1.69. The Morgan fingerprint density at radius 1 is 1.33 bits per heavy atom. The molecule has 0 spiro atoms. The Labute approximate surface area is 124 Å². The summed E-state index contributed by atoms with van der Waals surface area (Å²) in [5.41, 5.74) is 2.97. The molecule has 0 radical (unpaired) electrons. The zero-order chi connectivity index (χ0) is 13.2. The van der Waals surface area contributed by atoms with Gasteiger partial charge in [0.1, 0.15) is 0 Å². The molecule has 1 aromatic rings. The first kappa shape index (κ1) is 14.2. The van der Waals surface area contributed by atoms with Crippen LogP contribution < -0.4 is 4.90 Å². The molecule has 0 atom stereocenters. The quantitative estimate of drug-likeness (QED) is 0.684. The molecule has 18 heavy (non-hydrogen) atoms. The van der Waals surface area contributed by atoms with Crippen molar-refractivity contribution in [2.24, 2.45) is 5.41 Å². The van der Waals surface area contributed by atoms with Crippen molar-refractivity contribution >= 4 is 33.2 Å². The Bertz CT molecular complexity index is 411. The van der Waals surface area contributed by atoms with E-state index in [0.29, 0.717) is 5.41 Å². The van der Waals surface area contributed by atoms with Gasteiger partial charge in [0.2, 0.25) is 0 Å². The summed E-state index contributed by atoms with van der Waals surface area (Å²) < 4.78 is 0. The number of piperidine rings is 1. The number of alkyl halides is 1.